The number of hydrogen-bond donors (Lipinski definition) is 0. The van der Waals surface area contributed by atoms with Crippen LogP contribution in [0.4, 0.5) is 0 Å². The average Bonchev–Trinajstić information content (AvgIpc) is 3.61. The largest absolute Gasteiger partial charge is 0.756 e. The van der Waals surface area contributed by atoms with Gasteiger partial charge < -0.3 is 27.9 Å². The summed E-state index contributed by atoms with van der Waals surface area (Å²) in [4.78, 5) is 38.1. The van der Waals surface area contributed by atoms with Crippen LogP contribution in [0.5, 0.6) is 0 Å². The first-order valence-electron chi connectivity index (χ1n) is 33.9. The highest BCUT2D eigenvalue weighted by molar-refractivity contribution is 7.45. The Hall–Kier alpha value is -3.85. The lowest BCUT2D eigenvalue weighted by molar-refractivity contribution is -0.870. The first-order valence-corrected chi connectivity index (χ1v) is 35.4. The molecule has 480 valence electrons. The molecule has 0 aliphatic rings. The summed E-state index contributed by atoms with van der Waals surface area (Å²) >= 11 is 0. The number of carbonyl (C=O) groups excluding carboxylic acids is 2. The SMILES string of the molecule is CC/C=C\C/C=C\C/C=C\C/C=C\C/C=C\C/C=C\C/C=C\CCCCCCCCCCCCCC(=O)OC(COC(=O)CCCCCCCCCCCCCCCC/C=C\C/C=C\C/C=C\C/C=C\CC)COP(=O)([O-])OCC[N+](C)(C)C. The minimum absolute atomic E-state index is 0.0369. The molecule has 84 heavy (non-hydrogen) atoms. The maximum absolute atomic E-state index is 12.9. The molecule has 2 unspecified atom stereocenters. The first-order chi connectivity index (χ1) is 41.0. The van der Waals surface area contributed by atoms with Gasteiger partial charge in [0, 0.05) is 12.8 Å². The molecular formula is C74H126NO8P. The number of quaternary nitrogens is 1. The number of phosphoric ester groups is 1. The molecule has 0 rings (SSSR count). The van der Waals surface area contributed by atoms with Gasteiger partial charge in [0.1, 0.15) is 19.8 Å². The molecule has 0 aliphatic heterocycles. The molecule has 0 bridgehead atoms. The fraction of sp³-hybridized carbons (Fsp3) is 0.676. The maximum Gasteiger partial charge on any atom is 0.306 e. The van der Waals surface area contributed by atoms with Gasteiger partial charge in [0.15, 0.2) is 6.10 Å². The molecule has 0 saturated carbocycles. The smallest absolute Gasteiger partial charge is 0.306 e. The molecule has 2 atom stereocenters. The van der Waals surface area contributed by atoms with Crippen molar-refractivity contribution in [1.29, 1.82) is 0 Å². The summed E-state index contributed by atoms with van der Waals surface area (Å²) in [5.74, 6) is -0.838. The Labute approximate surface area is 517 Å². The number of allylic oxidation sites excluding steroid dienone is 22. The zero-order valence-corrected chi connectivity index (χ0v) is 55.4. The lowest BCUT2D eigenvalue weighted by Gasteiger charge is -2.28. The molecule has 0 aromatic carbocycles. The number of phosphoric acid groups is 1. The number of ether oxygens (including phenoxy) is 2. The topological polar surface area (TPSA) is 111 Å². The quantitative estimate of drug-likeness (QED) is 0.0195. The Kier molecular flexibility index (Phi) is 60.7. The summed E-state index contributed by atoms with van der Waals surface area (Å²) in [6.07, 6.45) is 92.3. The van der Waals surface area contributed by atoms with Gasteiger partial charge in [-0.3, -0.25) is 14.2 Å². The van der Waals surface area contributed by atoms with Crippen molar-refractivity contribution < 1.29 is 42.1 Å². The van der Waals surface area contributed by atoms with E-state index in [4.69, 9.17) is 18.5 Å². The third kappa shape index (κ3) is 67.3. The molecule has 0 radical (unpaired) electrons. The predicted molar refractivity (Wildman–Crippen MR) is 360 cm³/mol. The zero-order valence-electron chi connectivity index (χ0n) is 54.6. The van der Waals surface area contributed by atoms with Crippen LogP contribution in [0.2, 0.25) is 0 Å². The van der Waals surface area contributed by atoms with Gasteiger partial charge in [-0.15, -0.1) is 0 Å². The fourth-order valence-corrected chi connectivity index (χ4v) is 9.77. The van der Waals surface area contributed by atoms with Crippen molar-refractivity contribution in [2.24, 2.45) is 0 Å². The van der Waals surface area contributed by atoms with Crippen molar-refractivity contribution in [3.05, 3.63) is 134 Å². The van der Waals surface area contributed by atoms with Gasteiger partial charge in [-0.05, 0) is 109 Å². The zero-order chi connectivity index (χ0) is 61.2. The molecule has 0 spiro atoms. The van der Waals surface area contributed by atoms with Gasteiger partial charge >= 0.3 is 11.9 Å². The summed E-state index contributed by atoms with van der Waals surface area (Å²) in [6, 6.07) is 0. The van der Waals surface area contributed by atoms with Gasteiger partial charge in [-0.2, -0.15) is 0 Å². The van der Waals surface area contributed by atoms with Gasteiger partial charge in [0.05, 0.1) is 27.7 Å². The number of esters is 2. The molecule has 10 heteroatoms. The van der Waals surface area contributed by atoms with E-state index in [-0.39, 0.29) is 32.0 Å². The van der Waals surface area contributed by atoms with Crippen molar-refractivity contribution in [3.8, 4) is 0 Å². The van der Waals surface area contributed by atoms with Crippen LogP contribution in [-0.4, -0.2) is 70.0 Å². The first kappa shape index (κ1) is 80.2. The number of nitrogens with zero attached hydrogens (tertiary/aromatic N) is 1. The molecule has 0 heterocycles. The van der Waals surface area contributed by atoms with Crippen molar-refractivity contribution in [3.63, 3.8) is 0 Å². The molecule has 0 saturated heterocycles. The molecule has 0 fully saturated rings. The summed E-state index contributed by atoms with van der Waals surface area (Å²) < 4.78 is 34.3. The highest BCUT2D eigenvalue weighted by Crippen LogP contribution is 2.38. The van der Waals surface area contributed by atoms with Crippen molar-refractivity contribution in [2.75, 3.05) is 47.5 Å². The number of carbonyl (C=O) groups is 2. The number of unbranched alkanes of at least 4 members (excludes halogenated alkanes) is 25. The lowest BCUT2D eigenvalue weighted by atomic mass is 10.0. The van der Waals surface area contributed by atoms with E-state index < -0.39 is 26.5 Å². The Morgan fingerprint density at radius 3 is 0.952 bits per heavy atom. The van der Waals surface area contributed by atoms with Crippen LogP contribution in [0.1, 0.15) is 271 Å². The van der Waals surface area contributed by atoms with Crippen LogP contribution in [0.15, 0.2) is 134 Å². The Bertz CT molecular complexity index is 1880. The van der Waals surface area contributed by atoms with Gasteiger partial charge in [0.2, 0.25) is 0 Å². The second-order valence-corrected chi connectivity index (χ2v) is 24.8. The Morgan fingerprint density at radius 2 is 0.643 bits per heavy atom. The van der Waals surface area contributed by atoms with E-state index in [0.717, 1.165) is 116 Å². The Morgan fingerprint density at radius 1 is 0.369 bits per heavy atom. The summed E-state index contributed by atoms with van der Waals surface area (Å²) in [7, 11) is 1.15. The van der Waals surface area contributed by atoms with E-state index in [1.165, 1.54) is 122 Å². The molecule has 0 amide bonds. The summed E-state index contributed by atoms with van der Waals surface area (Å²) in [5.41, 5.74) is 0. The highest BCUT2D eigenvalue weighted by atomic mass is 31.2. The van der Waals surface area contributed by atoms with Gasteiger partial charge in [0.25, 0.3) is 7.82 Å². The van der Waals surface area contributed by atoms with Crippen LogP contribution >= 0.6 is 7.82 Å². The maximum atomic E-state index is 12.9. The Balaban J connectivity index is 4.10. The second-order valence-electron chi connectivity index (χ2n) is 23.4. The fourth-order valence-electron chi connectivity index (χ4n) is 9.04. The lowest BCUT2D eigenvalue weighted by Crippen LogP contribution is -2.37. The minimum atomic E-state index is -4.65. The monoisotopic (exact) mass is 1190 g/mol. The molecule has 9 nitrogen and oxygen atoms in total. The molecule has 0 N–H and O–H groups in total. The standard InChI is InChI=1S/C74H126NO8P/c1-6-8-10-12-14-16-18-20-22-24-26-28-30-32-34-35-36-37-38-39-41-43-45-47-49-51-53-55-57-59-61-63-65-67-74(77)83-72(71-82-84(78,79)81-69-68-75(3,4)5)70-80-73(76)66-64-62-60-58-56-54-52-50-48-46-44-42-40-33-31-29-27-25-23-21-19-17-15-13-11-9-7-2/h8-11,14-17,20-23,26-29,32,34,36-37,39,41,72H,6-7,12-13,18-19,24-25,30-31,33,35,38,40,42-71H2,1-5H3/b10-8-,11-9-,16-14-,17-15-,22-20-,23-21-,28-26-,29-27-,34-32-,37-36-,41-39-. The molecular weight excluding hydrogens is 1060 g/mol. The van der Waals surface area contributed by atoms with Crippen LogP contribution in [-0.2, 0) is 32.7 Å². The van der Waals surface area contributed by atoms with E-state index in [2.05, 4.69) is 148 Å². The summed E-state index contributed by atoms with van der Waals surface area (Å²) in [5, 5.41) is 0. The van der Waals surface area contributed by atoms with Crippen LogP contribution < -0.4 is 4.89 Å². The van der Waals surface area contributed by atoms with Crippen molar-refractivity contribution in [1.82, 2.24) is 0 Å². The number of rotatable bonds is 61. The average molecular weight is 1190 g/mol. The number of likely N-dealkylation sites (N-methyl/N-ethyl adjacent to an activating group) is 1. The van der Waals surface area contributed by atoms with E-state index >= 15 is 0 Å². The van der Waals surface area contributed by atoms with E-state index in [0.29, 0.717) is 17.4 Å². The van der Waals surface area contributed by atoms with Crippen LogP contribution in [0, 0.1) is 0 Å². The summed E-state index contributed by atoms with van der Waals surface area (Å²) in [6.45, 7) is 4.02. The molecule has 0 aliphatic carbocycles. The van der Waals surface area contributed by atoms with Crippen molar-refractivity contribution >= 4 is 19.8 Å². The van der Waals surface area contributed by atoms with Gasteiger partial charge in [-0.25, -0.2) is 0 Å². The predicted octanol–water partition coefficient (Wildman–Crippen LogP) is 21.4. The van der Waals surface area contributed by atoms with Crippen molar-refractivity contribution in [2.45, 2.75) is 277 Å². The molecule has 0 aromatic heterocycles. The second kappa shape index (κ2) is 63.6. The minimum Gasteiger partial charge on any atom is -0.756 e. The van der Waals surface area contributed by atoms with E-state index in [1.54, 1.807) is 0 Å². The van der Waals surface area contributed by atoms with Crippen LogP contribution in [0.3, 0.4) is 0 Å². The number of hydrogen-bond acceptors (Lipinski definition) is 8. The third-order valence-electron chi connectivity index (χ3n) is 14.2. The highest BCUT2D eigenvalue weighted by Gasteiger charge is 2.22. The third-order valence-corrected chi connectivity index (χ3v) is 15.1. The normalized spacial score (nSPS) is 14.0. The van der Waals surface area contributed by atoms with Crippen LogP contribution in [0.25, 0.3) is 0 Å². The van der Waals surface area contributed by atoms with Gasteiger partial charge in [-0.1, -0.05) is 282 Å². The molecule has 0 aromatic rings. The van der Waals surface area contributed by atoms with E-state index in [9.17, 15) is 19.0 Å². The van der Waals surface area contributed by atoms with E-state index in [1.807, 2.05) is 21.1 Å².